The number of carboxylic acids is 1. The predicted octanol–water partition coefficient (Wildman–Crippen LogP) is 1.93. The lowest BCUT2D eigenvalue weighted by Gasteiger charge is -2.38. The maximum atomic E-state index is 11.5. The summed E-state index contributed by atoms with van der Waals surface area (Å²) in [6.45, 7) is 1.79. The summed E-state index contributed by atoms with van der Waals surface area (Å²) in [7, 11) is 1.52. The molecule has 1 aromatic heterocycles. The number of ether oxygens (including phenoxy) is 1. The fourth-order valence-electron chi connectivity index (χ4n) is 2.52. The van der Waals surface area contributed by atoms with Crippen LogP contribution < -0.4 is 10.1 Å². The lowest BCUT2D eigenvalue weighted by Crippen LogP contribution is -2.46. The van der Waals surface area contributed by atoms with Crippen LogP contribution in [0.25, 0.3) is 0 Å². The first-order chi connectivity index (χ1) is 9.06. The summed E-state index contributed by atoms with van der Waals surface area (Å²) in [5.41, 5.74) is -0.761. The van der Waals surface area contributed by atoms with Crippen molar-refractivity contribution >= 4 is 11.8 Å². The van der Waals surface area contributed by atoms with Crippen LogP contribution in [-0.4, -0.2) is 34.2 Å². The Labute approximate surface area is 112 Å². The average molecular weight is 265 g/mol. The van der Waals surface area contributed by atoms with Gasteiger partial charge in [-0.15, -0.1) is 0 Å². The zero-order chi connectivity index (χ0) is 13.9. The monoisotopic (exact) mass is 265 g/mol. The van der Waals surface area contributed by atoms with E-state index in [0.717, 1.165) is 19.3 Å². The van der Waals surface area contributed by atoms with Gasteiger partial charge in [-0.25, -0.2) is 0 Å². The Balaban J connectivity index is 2.17. The number of aromatic nitrogens is 2. The van der Waals surface area contributed by atoms with E-state index in [4.69, 9.17) is 4.74 Å². The molecule has 1 heterocycles. The smallest absolute Gasteiger partial charge is 0.311 e. The number of carboxylic acid groups (broad SMARTS) is 1. The van der Waals surface area contributed by atoms with Crippen LogP contribution >= 0.6 is 0 Å². The molecule has 0 radical (unpaired) electrons. The number of hydrogen-bond acceptors (Lipinski definition) is 5. The zero-order valence-corrected chi connectivity index (χ0v) is 11.2. The second-order valence-electron chi connectivity index (χ2n) is 5.11. The highest BCUT2D eigenvalue weighted by atomic mass is 16.5. The summed E-state index contributed by atoms with van der Waals surface area (Å²) >= 11 is 0. The number of nitrogens with zero attached hydrogens (tertiary/aromatic N) is 2. The van der Waals surface area contributed by atoms with Gasteiger partial charge in [0.25, 0.3) is 0 Å². The van der Waals surface area contributed by atoms with Gasteiger partial charge in [-0.2, -0.15) is 4.98 Å². The van der Waals surface area contributed by atoms with Gasteiger partial charge in [0, 0.05) is 6.04 Å². The van der Waals surface area contributed by atoms with E-state index in [-0.39, 0.29) is 6.04 Å². The highest BCUT2D eigenvalue weighted by Crippen LogP contribution is 2.37. The van der Waals surface area contributed by atoms with Gasteiger partial charge >= 0.3 is 5.97 Å². The van der Waals surface area contributed by atoms with Crippen molar-refractivity contribution in [2.45, 2.75) is 38.6 Å². The van der Waals surface area contributed by atoms with Gasteiger partial charge in [-0.3, -0.25) is 9.78 Å². The molecule has 0 amide bonds. The Morgan fingerprint density at radius 2 is 2.32 bits per heavy atom. The van der Waals surface area contributed by atoms with Crippen LogP contribution in [0.5, 0.6) is 5.88 Å². The topological polar surface area (TPSA) is 84.3 Å². The van der Waals surface area contributed by atoms with Crippen LogP contribution in [0.2, 0.25) is 0 Å². The highest BCUT2D eigenvalue weighted by Gasteiger charge is 2.43. The van der Waals surface area contributed by atoms with E-state index in [0.29, 0.717) is 18.1 Å². The molecule has 1 aromatic rings. The molecular weight excluding hydrogens is 246 g/mol. The number of aliphatic carboxylic acids is 1. The van der Waals surface area contributed by atoms with Gasteiger partial charge in [-0.05, 0) is 19.8 Å². The lowest BCUT2D eigenvalue weighted by molar-refractivity contribution is -0.150. The maximum absolute atomic E-state index is 11.5. The third-order valence-corrected chi connectivity index (χ3v) is 3.84. The normalized spacial score (nSPS) is 26.7. The number of carbonyl (C=O) groups is 1. The molecule has 0 spiro atoms. The third kappa shape index (κ3) is 2.77. The Bertz CT molecular complexity index is 466. The summed E-state index contributed by atoms with van der Waals surface area (Å²) in [6, 6.07) is -0.139. The van der Waals surface area contributed by atoms with Crippen LogP contribution in [0, 0.1) is 5.41 Å². The third-order valence-electron chi connectivity index (χ3n) is 3.84. The Kier molecular flexibility index (Phi) is 3.87. The van der Waals surface area contributed by atoms with Gasteiger partial charge < -0.3 is 15.2 Å². The SMILES string of the molecule is COc1cncc(NC2CCCCC2(C)C(=O)O)n1. The van der Waals surface area contributed by atoms with Crippen LogP contribution in [0.3, 0.4) is 0 Å². The van der Waals surface area contributed by atoms with Crippen molar-refractivity contribution in [1.82, 2.24) is 9.97 Å². The fraction of sp³-hybridized carbons (Fsp3) is 0.615. The standard InChI is InChI=1S/C13H19N3O3/c1-13(12(17)18)6-4-3-5-9(13)15-10-7-14-8-11(16-10)19-2/h7-9H,3-6H2,1-2H3,(H,15,16)(H,17,18). The summed E-state index contributed by atoms with van der Waals surface area (Å²) in [5, 5.41) is 12.6. The largest absolute Gasteiger partial charge is 0.481 e. The summed E-state index contributed by atoms with van der Waals surface area (Å²) in [5.74, 6) is 0.206. The molecule has 0 aromatic carbocycles. The second kappa shape index (κ2) is 5.42. The van der Waals surface area contributed by atoms with Crippen LogP contribution in [0.15, 0.2) is 12.4 Å². The number of hydrogen-bond donors (Lipinski definition) is 2. The molecule has 0 aliphatic heterocycles. The van der Waals surface area contributed by atoms with Gasteiger partial charge in [0.1, 0.15) is 5.82 Å². The van der Waals surface area contributed by atoms with E-state index in [2.05, 4.69) is 15.3 Å². The van der Waals surface area contributed by atoms with Crippen molar-refractivity contribution in [2.24, 2.45) is 5.41 Å². The lowest BCUT2D eigenvalue weighted by atomic mass is 9.71. The predicted molar refractivity (Wildman–Crippen MR) is 70.2 cm³/mol. The first-order valence-electron chi connectivity index (χ1n) is 6.42. The van der Waals surface area contributed by atoms with Gasteiger partial charge in [0.2, 0.25) is 5.88 Å². The maximum Gasteiger partial charge on any atom is 0.311 e. The molecule has 1 aliphatic rings. The number of methoxy groups -OCH3 is 1. The van der Waals surface area contributed by atoms with Crippen molar-refractivity contribution in [1.29, 1.82) is 0 Å². The van der Waals surface area contributed by atoms with Crippen LogP contribution in [0.1, 0.15) is 32.6 Å². The fourth-order valence-corrected chi connectivity index (χ4v) is 2.52. The first-order valence-corrected chi connectivity index (χ1v) is 6.42. The van der Waals surface area contributed by atoms with Crippen molar-refractivity contribution in [2.75, 3.05) is 12.4 Å². The van der Waals surface area contributed by atoms with E-state index in [9.17, 15) is 9.90 Å². The molecule has 1 saturated carbocycles. The van der Waals surface area contributed by atoms with Crippen molar-refractivity contribution < 1.29 is 14.6 Å². The Hall–Kier alpha value is -1.85. The van der Waals surface area contributed by atoms with E-state index in [1.807, 2.05) is 0 Å². The molecule has 2 rings (SSSR count). The van der Waals surface area contributed by atoms with Crippen LogP contribution in [0.4, 0.5) is 5.82 Å². The van der Waals surface area contributed by atoms with Crippen LogP contribution in [-0.2, 0) is 4.79 Å². The summed E-state index contributed by atoms with van der Waals surface area (Å²) in [6.07, 6.45) is 6.57. The molecule has 1 aliphatic carbocycles. The minimum absolute atomic E-state index is 0.139. The number of nitrogens with one attached hydrogen (secondary N) is 1. The minimum Gasteiger partial charge on any atom is -0.481 e. The molecule has 2 N–H and O–H groups in total. The number of rotatable bonds is 4. The van der Waals surface area contributed by atoms with E-state index >= 15 is 0 Å². The molecule has 6 nitrogen and oxygen atoms in total. The summed E-state index contributed by atoms with van der Waals surface area (Å²) in [4.78, 5) is 19.7. The molecular formula is C13H19N3O3. The van der Waals surface area contributed by atoms with E-state index in [1.54, 1.807) is 13.1 Å². The van der Waals surface area contributed by atoms with Gasteiger partial charge in [0.15, 0.2) is 0 Å². The van der Waals surface area contributed by atoms with Gasteiger partial charge in [-0.1, -0.05) is 12.8 Å². The number of anilines is 1. The highest BCUT2D eigenvalue weighted by molar-refractivity contribution is 5.76. The molecule has 0 saturated heterocycles. The van der Waals surface area contributed by atoms with Crippen molar-refractivity contribution in [3.8, 4) is 5.88 Å². The molecule has 0 bridgehead atoms. The quantitative estimate of drug-likeness (QED) is 0.865. The molecule has 19 heavy (non-hydrogen) atoms. The van der Waals surface area contributed by atoms with Gasteiger partial charge in [0.05, 0.1) is 24.9 Å². The van der Waals surface area contributed by atoms with E-state index < -0.39 is 11.4 Å². The molecule has 104 valence electrons. The van der Waals surface area contributed by atoms with Crippen molar-refractivity contribution in [3.63, 3.8) is 0 Å². The molecule has 1 fully saturated rings. The Morgan fingerprint density at radius 3 is 3.00 bits per heavy atom. The minimum atomic E-state index is -0.763. The average Bonchev–Trinajstić information content (AvgIpc) is 2.41. The first kappa shape index (κ1) is 13.6. The van der Waals surface area contributed by atoms with E-state index in [1.165, 1.54) is 13.3 Å². The Morgan fingerprint density at radius 1 is 1.53 bits per heavy atom. The molecule has 2 atom stereocenters. The zero-order valence-electron chi connectivity index (χ0n) is 11.2. The van der Waals surface area contributed by atoms with Crippen molar-refractivity contribution in [3.05, 3.63) is 12.4 Å². The summed E-state index contributed by atoms with van der Waals surface area (Å²) < 4.78 is 5.01. The molecule has 6 heteroatoms. The second-order valence-corrected chi connectivity index (χ2v) is 5.11. The molecule has 2 unspecified atom stereocenters.